The largest absolute Gasteiger partial charge is 0.507 e. The first-order valence-corrected chi connectivity index (χ1v) is 4.26. The van der Waals surface area contributed by atoms with E-state index in [0.29, 0.717) is 6.07 Å². The third-order valence-electron chi connectivity index (χ3n) is 2.12. The topological polar surface area (TPSA) is 20.2 Å². The number of alkyl halides is 2. The highest BCUT2D eigenvalue weighted by Gasteiger charge is 2.32. The lowest BCUT2D eigenvalue weighted by Crippen LogP contribution is -2.12. The van der Waals surface area contributed by atoms with Crippen LogP contribution in [-0.2, 0) is 5.92 Å². The molecule has 1 rings (SSSR count). The van der Waals surface area contributed by atoms with Gasteiger partial charge in [0.05, 0.1) is 5.56 Å². The van der Waals surface area contributed by atoms with Gasteiger partial charge in [-0.05, 0) is 24.6 Å². The quantitative estimate of drug-likeness (QED) is 0.783. The van der Waals surface area contributed by atoms with Gasteiger partial charge in [-0.2, -0.15) is 0 Å². The van der Waals surface area contributed by atoms with Crippen LogP contribution in [-0.4, -0.2) is 5.11 Å². The molecule has 0 aliphatic heterocycles. The Morgan fingerprint density at radius 3 is 2.43 bits per heavy atom. The summed E-state index contributed by atoms with van der Waals surface area (Å²) in [5.41, 5.74) is -0.499. The van der Waals surface area contributed by atoms with Crippen LogP contribution in [0.4, 0.5) is 13.2 Å². The van der Waals surface area contributed by atoms with Crippen LogP contribution >= 0.6 is 0 Å². The molecule has 0 bridgehead atoms. The second-order valence-corrected chi connectivity index (χ2v) is 3.18. The molecule has 0 fully saturated rings. The van der Waals surface area contributed by atoms with Crippen molar-refractivity contribution in [3.05, 3.63) is 29.1 Å². The van der Waals surface area contributed by atoms with E-state index in [1.807, 2.05) is 0 Å². The fraction of sp³-hybridized carbons (Fsp3) is 0.400. The molecule has 0 heterocycles. The maximum Gasteiger partial charge on any atom is 0.276 e. The molecule has 1 aromatic carbocycles. The highest BCUT2D eigenvalue weighted by Crippen LogP contribution is 2.37. The molecule has 1 nitrogen and oxygen atoms in total. The summed E-state index contributed by atoms with van der Waals surface area (Å²) in [5, 5.41) is 9.24. The van der Waals surface area contributed by atoms with Crippen molar-refractivity contribution in [1.82, 2.24) is 0 Å². The lowest BCUT2D eigenvalue weighted by molar-refractivity contribution is -0.0107. The first kappa shape index (κ1) is 10.9. The molecule has 1 aromatic rings. The van der Waals surface area contributed by atoms with Gasteiger partial charge in [0, 0.05) is 6.42 Å². The average molecular weight is 204 g/mol. The number of aromatic hydroxyl groups is 1. The van der Waals surface area contributed by atoms with E-state index >= 15 is 0 Å². The zero-order chi connectivity index (χ0) is 10.9. The molecule has 0 saturated heterocycles. The van der Waals surface area contributed by atoms with E-state index < -0.39 is 29.5 Å². The van der Waals surface area contributed by atoms with E-state index in [0.717, 1.165) is 6.07 Å². The van der Waals surface area contributed by atoms with Gasteiger partial charge in [0.1, 0.15) is 11.6 Å². The van der Waals surface area contributed by atoms with Crippen molar-refractivity contribution in [3.63, 3.8) is 0 Å². The monoisotopic (exact) mass is 204 g/mol. The molecule has 0 spiro atoms. The van der Waals surface area contributed by atoms with Gasteiger partial charge in [-0.1, -0.05) is 6.92 Å². The van der Waals surface area contributed by atoms with Crippen LogP contribution in [0.15, 0.2) is 12.1 Å². The van der Waals surface area contributed by atoms with Crippen molar-refractivity contribution in [2.45, 2.75) is 26.2 Å². The summed E-state index contributed by atoms with van der Waals surface area (Å²) in [5.74, 6) is -4.47. The molecular formula is C10H11F3O. The first-order valence-electron chi connectivity index (χ1n) is 4.26. The standard InChI is InChI=1S/C10H11F3O/c1-3-10(12,13)7-5-8(11)6(2)4-9(7)14/h4-5,14H,3H2,1-2H3. The van der Waals surface area contributed by atoms with E-state index in [-0.39, 0.29) is 5.56 Å². The summed E-state index contributed by atoms with van der Waals surface area (Å²) in [6.07, 6.45) is -0.469. The molecule has 0 amide bonds. The van der Waals surface area contributed by atoms with Gasteiger partial charge in [0.25, 0.3) is 5.92 Å². The van der Waals surface area contributed by atoms with E-state index in [4.69, 9.17) is 0 Å². The molecule has 0 saturated carbocycles. The zero-order valence-corrected chi connectivity index (χ0v) is 7.94. The number of halogens is 3. The second kappa shape index (κ2) is 3.52. The Morgan fingerprint density at radius 2 is 1.93 bits per heavy atom. The minimum absolute atomic E-state index is 0.151. The summed E-state index contributed by atoms with van der Waals surface area (Å²) < 4.78 is 39.2. The highest BCUT2D eigenvalue weighted by molar-refractivity contribution is 5.39. The summed E-state index contributed by atoms with van der Waals surface area (Å²) >= 11 is 0. The molecular weight excluding hydrogens is 193 g/mol. The maximum atomic E-state index is 13.1. The molecule has 78 valence electrons. The van der Waals surface area contributed by atoms with E-state index in [2.05, 4.69) is 0 Å². The smallest absolute Gasteiger partial charge is 0.276 e. The number of rotatable bonds is 2. The molecule has 0 atom stereocenters. The number of hydrogen-bond donors (Lipinski definition) is 1. The van der Waals surface area contributed by atoms with Crippen molar-refractivity contribution >= 4 is 0 Å². The van der Waals surface area contributed by atoms with Crippen LogP contribution in [0.25, 0.3) is 0 Å². The van der Waals surface area contributed by atoms with Gasteiger partial charge in [0.2, 0.25) is 0 Å². The Labute approximate surface area is 80.2 Å². The van der Waals surface area contributed by atoms with Crippen molar-refractivity contribution in [1.29, 1.82) is 0 Å². The van der Waals surface area contributed by atoms with Crippen LogP contribution in [0.5, 0.6) is 5.75 Å². The Hall–Kier alpha value is -1.19. The summed E-state index contributed by atoms with van der Waals surface area (Å²) in [6.45, 7) is 2.68. The predicted octanol–water partition coefficient (Wildman–Crippen LogP) is 3.34. The van der Waals surface area contributed by atoms with E-state index in [9.17, 15) is 18.3 Å². The summed E-state index contributed by atoms with van der Waals surface area (Å²) in [4.78, 5) is 0. The molecule has 0 aliphatic rings. The molecule has 0 aliphatic carbocycles. The minimum Gasteiger partial charge on any atom is -0.507 e. The van der Waals surface area contributed by atoms with Crippen molar-refractivity contribution in [3.8, 4) is 5.75 Å². The maximum absolute atomic E-state index is 13.1. The van der Waals surface area contributed by atoms with Gasteiger partial charge in [-0.15, -0.1) is 0 Å². The van der Waals surface area contributed by atoms with Crippen LogP contribution in [0, 0.1) is 12.7 Å². The van der Waals surface area contributed by atoms with Crippen molar-refractivity contribution in [2.75, 3.05) is 0 Å². The molecule has 14 heavy (non-hydrogen) atoms. The molecule has 1 N–H and O–H groups in total. The Kier molecular flexibility index (Phi) is 2.73. The van der Waals surface area contributed by atoms with Crippen molar-refractivity contribution in [2.24, 2.45) is 0 Å². The fourth-order valence-corrected chi connectivity index (χ4v) is 1.15. The average Bonchev–Trinajstić information content (AvgIpc) is 2.11. The number of hydrogen-bond acceptors (Lipinski definition) is 1. The number of benzene rings is 1. The van der Waals surface area contributed by atoms with Crippen LogP contribution in [0.3, 0.4) is 0 Å². The van der Waals surface area contributed by atoms with Crippen LogP contribution in [0.1, 0.15) is 24.5 Å². The minimum atomic E-state index is -3.18. The summed E-state index contributed by atoms with van der Waals surface area (Å²) in [7, 11) is 0. The van der Waals surface area contributed by atoms with Gasteiger partial charge in [0.15, 0.2) is 0 Å². The van der Waals surface area contributed by atoms with Crippen LogP contribution < -0.4 is 0 Å². The Balaban J connectivity index is 3.29. The molecule has 0 radical (unpaired) electrons. The van der Waals surface area contributed by atoms with Crippen LogP contribution in [0.2, 0.25) is 0 Å². The van der Waals surface area contributed by atoms with Gasteiger partial charge >= 0.3 is 0 Å². The van der Waals surface area contributed by atoms with Gasteiger partial charge in [-0.3, -0.25) is 0 Å². The lowest BCUT2D eigenvalue weighted by Gasteiger charge is -2.16. The summed E-state index contributed by atoms with van der Waals surface area (Å²) in [6, 6.07) is 1.70. The normalized spacial score (nSPS) is 11.8. The number of phenols is 1. The first-order chi connectivity index (χ1) is 6.38. The molecule has 0 unspecified atom stereocenters. The molecule has 4 heteroatoms. The Bertz CT molecular complexity index is 347. The third kappa shape index (κ3) is 1.84. The third-order valence-corrected chi connectivity index (χ3v) is 2.12. The number of aryl methyl sites for hydroxylation is 1. The highest BCUT2D eigenvalue weighted by atomic mass is 19.3. The van der Waals surface area contributed by atoms with E-state index in [1.165, 1.54) is 13.8 Å². The van der Waals surface area contributed by atoms with Gasteiger partial charge in [-0.25, -0.2) is 13.2 Å². The van der Waals surface area contributed by atoms with Crippen molar-refractivity contribution < 1.29 is 18.3 Å². The lowest BCUT2D eigenvalue weighted by atomic mass is 10.0. The predicted molar refractivity (Wildman–Crippen MR) is 47.0 cm³/mol. The van der Waals surface area contributed by atoms with Gasteiger partial charge < -0.3 is 5.11 Å². The molecule has 0 aromatic heterocycles. The van der Waals surface area contributed by atoms with E-state index in [1.54, 1.807) is 0 Å². The fourth-order valence-electron chi connectivity index (χ4n) is 1.15. The SMILES string of the molecule is CCC(F)(F)c1cc(F)c(C)cc1O. The Morgan fingerprint density at radius 1 is 1.36 bits per heavy atom. The number of phenolic OH excluding ortho intramolecular Hbond substituents is 1. The second-order valence-electron chi connectivity index (χ2n) is 3.18. The zero-order valence-electron chi connectivity index (χ0n) is 7.94.